The first-order chi connectivity index (χ1) is 16.5. The molecule has 4 aromatic rings. The summed E-state index contributed by atoms with van der Waals surface area (Å²) in [6.45, 7) is 6.89. The number of aromatic nitrogens is 6. The molecule has 0 aliphatic carbocycles. The Kier molecular flexibility index (Phi) is 7.35. The quantitative estimate of drug-likeness (QED) is 0.357. The van der Waals surface area contributed by atoms with Crippen molar-refractivity contribution in [3.05, 3.63) is 76.2 Å². The van der Waals surface area contributed by atoms with Crippen LogP contribution in [0, 0.1) is 11.9 Å². The third-order valence-corrected chi connectivity index (χ3v) is 6.07. The zero-order valence-corrected chi connectivity index (χ0v) is 20.0. The third-order valence-electron chi connectivity index (χ3n) is 6.07. The van der Waals surface area contributed by atoms with Crippen LogP contribution in [0.4, 0.5) is 4.39 Å². The smallest absolute Gasteiger partial charge is 0.289 e. The number of rotatable bonds is 10. The van der Waals surface area contributed by atoms with E-state index in [0.29, 0.717) is 30.4 Å². The molecule has 0 fully saturated rings. The summed E-state index contributed by atoms with van der Waals surface area (Å²) in [5.41, 5.74) is 3.91. The number of H-pyrrole nitrogens is 1. The summed E-state index contributed by atoms with van der Waals surface area (Å²) < 4.78 is 18.2. The molecule has 0 aliphatic rings. The second-order valence-electron chi connectivity index (χ2n) is 9.04. The molecule has 0 amide bonds. The molecule has 0 atom stereocenters. The Hall–Kier alpha value is -3.55. The largest absolute Gasteiger partial charge is 0.330 e. The molecule has 1 N–H and O–H groups in total. The van der Waals surface area contributed by atoms with Gasteiger partial charge in [0.25, 0.3) is 0 Å². The zero-order valence-electron chi connectivity index (χ0n) is 20.0. The van der Waals surface area contributed by atoms with Crippen molar-refractivity contribution in [3.8, 4) is 22.5 Å². The van der Waals surface area contributed by atoms with Gasteiger partial charge in [-0.05, 0) is 58.4 Å². The van der Waals surface area contributed by atoms with E-state index in [0.717, 1.165) is 41.5 Å². The summed E-state index contributed by atoms with van der Waals surface area (Å²) >= 11 is 0. The Morgan fingerprint density at radius 3 is 2.53 bits per heavy atom. The van der Waals surface area contributed by atoms with Crippen molar-refractivity contribution in [2.24, 2.45) is 5.92 Å². The van der Waals surface area contributed by atoms with E-state index in [1.165, 1.54) is 4.57 Å². The normalized spacial score (nSPS) is 11.4. The van der Waals surface area contributed by atoms with Crippen molar-refractivity contribution in [1.82, 2.24) is 29.8 Å². The number of nitrogens with one attached hydrogen (secondary N) is 1. The number of nitrogens with zero attached hydrogens (tertiary/aromatic N) is 5. The zero-order chi connectivity index (χ0) is 24.1. The molecular weight excluding hydrogens is 431 g/mol. The summed E-state index contributed by atoms with van der Waals surface area (Å²) in [4.78, 5) is 13.2. The fourth-order valence-electron chi connectivity index (χ4n) is 4.15. The third kappa shape index (κ3) is 5.00. The van der Waals surface area contributed by atoms with Gasteiger partial charge in [-0.15, -0.1) is 5.10 Å². The highest BCUT2D eigenvalue weighted by Gasteiger charge is 2.21. The lowest BCUT2D eigenvalue weighted by Crippen LogP contribution is -2.26. The minimum Gasteiger partial charge on any atom is -0.289 e. The van der Waals surface area contributed by atoms with Crippen LogP contribution < -0.4 is 5.69 Å². The van der Waals surface area contributed by atoms with E-state index in [-0.39, 0.29) is 12.2 Å². The summed E-state index contributed by atoms with van der Waals surface area (Å²) in [5, 5.41) is 14.4. The van der Waals surface area contributed by atoms with Gasteiger partial charge in [0, 0.05) is 12.1 Å². The van der Waals surface area contributed by atoms with Gasteiger partial charge in [0.15, 0.2) is 5.82 Å². The molecule has 0 aliphatic heterocycles. The van der Waals surface area contributed by atoms with Crippen LogP contribution in [0.15, 0.2) is 53.3 Å². The fraction of sp³-hybridized carbons (Fsp3) is 0.385. The fourth-order valence-corrected chi connectivity index (χ4v) is 4.15. The molecule has 0 saturated carbocycles. The van der Waals surface area contributed by atoms with Gasteiger partial charge in [-0.1, -0.05) is 69.7 Å². The van der Waals surface area contributed by atoms with Crippen LogP contribution in [-0.2, 0) is 19.5 Å². The molecule has 2 heterocycles. The summed E-state index contributed by atoms with van der Waals surface area (Å²) in [5.74, 6) is 0.525. The predicted molar refractivity (Wildman–Crippen MR) is 131 cm³/mol. The summed E-state index contributed by atoms with van der Waals surface area (Å²) in [6.07, 6.45) is 3.04. The average molecular weight is 463 g/mol. The number of hydrogen-bond donors (Lipinski definition) is 1. The van der Waals surface area contributed by atoms with Crippen LogP contribution in [0.2, 0.25) is 0 Å². The molecule has 178 valence electrons. The minimum absolute atomic E-state index is 0.285. The van der Waals surface area contributed by atoms with Crippen LogP contribution in [0.1, 0.15) is 51.3 Å². The van der Waals surface area contributed by atoms with Crippen molar-refractivity contribution < 1.29 is 4.39 Å². The first-order valence-electron chi connectivity index (χ1n) is 11.9. The molecule has 0 spiro atoms. The Bertz CT molecular complexity index is 1270. The average Bonchev–Trinajstić information content (AvgIpc) is 3.45. The molecule has 4 rings (SSSR count). The maximum atomic E-state index is 15.3. The van der Waals surface area contributed by atoms with E-state index in [1.807, 2.05) is 48.5 Å². The van der Waals surface area contributed by atoms with Gasteiger partial charge in [0.2, 0.25) is 5.95 Å². The lowest BCUT2D eigenvalue weighted by molar-refractivity contribution is 0.434. The number of imidazole rings is 1. The number of unbranched alkanes of at least 4 members (excludes halogenated alkanes) is 1. The Morgan fingerprint density at radius 1 is 1.06 bits per heavy atom. The summed E-state index contributed by atoms with van der Waals surface area (Å²) in [6, 6.07) is 15.9. The Labute approximate surface area is 198 Å². The maximum absolute atomic E-state index is 15.3. The van der Waals surface area contributed by atoms with Crippen LogP contribution in [0.3, 0.4) is 0 Å². The molecule has 0 bridgehead atoms. The monoisotopic (exact) mass is 462 g/mol. The van der Waals surface area contributed by atoms with Gasteiger partial charge in [-0.25, -0.2) is 9.89 Å². The molecular formula is C26H31FN6O. The number of tetrazole rings is 1. The maximum Gasteiger partial charge on any atom is 0.330 e. The Balaban J connectivity index is 1.75. The lowest BCUT2D eigenvalue weighted by Gasteiger charge is -2.12. The van der Waals surface area contributed by atoms with Gasteiger partial charge < -0.3 is 0 Å². The molecule has 8 heteroatoms. The van der Waals surface area contributed by atoms with Crippen LogP contribution in [-0.4, -0.2) is 29.8 Å². The topological polar surface area (TPSA) is 81.4 Å². The van der Waals surface area contributed by atoms with Gasteiger partial charge in [0.05, 0.1) is 12.2 Å². The second-order valence-corrected chi connectivity index (χ2v) is 9.04. The number of aromatic amines is 1. The summed E-state index contributed by atoms with van der Waals surface area (Å²) in [7, 11) is 0. The van der Waals surface area contributed by atoms with E-state index in [2.05, 4.69) is 41.4 Å². The predicted octanol–water partition coefficient (Wildman–Crippen LogP) is 5.07. The van der Waals surface area contributed by atoms with Crippen molar-refractivity contribution in [3.63, 3.8) is 0 Å². The van der Waals surface area contributed by atoms with Gasteiger partial charge in [-0.3, -0.25) is 9.13 Å². The number of hydrogen-bond acceptors (Lipinski definition) is 4. The first kappa shape index (κ1) is 23.6. The number of benzene rings is 2. The van der Waals surface area contributed by atoms with E-state index in [1.54, 1.807) is 4.57 Å². The van der Waals surface area contributed by atoms with Crippen molar-refractivity contribution in [1.29, 1.82) is 0 Å². The minimum atomic E-state index is -0.403. The molecule has 34 heavy (non-hydrogen) atoms. The second kappa shape index (κ2) is 10.6. The molecule has 7 nitrogen and oxygen atoms in total. The molecule has 2 aromatic carbocycles. The van der Waals surface area contributed by atoms with E-state index in [9.17, 15) is 4.79 Å². The van der Waals surface area contributed by atoms with E-state index in [4.69, 9.17) is 0 Å². The standard InChI is InChI=1S/C26H31FN6O/c1-4-5-11-23-24(27)32(15-14-18(2)3)26(34)33(23)17-19-12-13-21(20-9-7-6-8-10-20)22(16-19)25-28-30-31-29-25/h6-10,12-13,16,18H,4-5,11,14-15,17H2,1-3H3,(H,28,29,30,31). The van der Waals surface area contributed by atoms with Gasteiger partial charge >= 0.3 is 5.69 Å². The van der Waals surface area contributed by atoms with Crippen LogP contribution in [0.5, 0.6) is 0 Å². The van der Waals surface area contributed by atoms with E-state index >= 15 is 4.39 Å². The number of halogens is 1. The highest BCUT2D eigenvalue weighted by Crippen LogP contribution is 2.31. The van der Waals surface area contributed by atoms with Crippen LogP contribution in [0.25, 0.3) is 22.5 Å². The van der Waals surface area contributed by atoms with E-state index < -0.39 is 5.95 Å². The first-order valence-corrected chi connectivity index (χ1v) is 11.9. The van der Waals surface area contributed by atoms with Crippen molar-refractivity contribution in [2.45, 2.75) is 59.5 Å². The Morgan fingerprint density at radius 2 is 1.85 bits per heavy atom. The molecule has 2 aromatic heterocycles. The molecule has 0 unspecified atom stereocenters. The molecule has 0 saturated heterocycles. The van der Waals surface area contributed by atoms with Crippen molar-refractivity contribution in [2.75, 3.05) is 0 Å². The lowest BCUT2D eigenvalue weighted by atomic mass is 9.97. The molecule has 0 radical (unpaired) electrons. The highest BCUT2D eigenvalue weighted by atomic mass is 19.1. The highest BCUT2D eigenvalue weighted by molar-refractivity contribution is 5.80. The SMILES string of the molecule is CCCCc1c(F)n(CCC(C)C)c(=O)n1Cc1ccc(-c2ccccc2)c(-c2nnn[nH]2)c1. The van der Waals surface area contributed by atoms with Gasteiger partial charge in [0.1, 0.15) is 0 Å². The van der Waals surface area contributed by atoms with Gasteiger partial charge in [-0.2, -0.15) is 4.39 Å². The van der Waals surface area contributed by atoms with Crippen LogP contribution >= 0.6 is 0 Å². The van der Waals surface area contributed by atoms with Crippen molar-refractivity contribution >= 4 is 0 Å².